The number of hydrogen-bond donors (Lipinski definition) is 1. The molecule has 1 amide bonds. The van der Waals surface area contributed by atoms with Gasteiger partial charge in [0, 0.05) is 19.7 Å². The maximum atomic E-state index is 11.8. The van der Waals surface area contributed by atoms with Crippen molar-refractivity contribution >= 4 is 6.09 Å². The summed E-state index contributed by atoms with van der Waals surface area (Å²) in [4.78, 5) is 13.5. The van der Waals surface area contributed by atoms with Gasteiger partial charge in [-0.25, -0.2) is 4.79 Å². The van der Waals surface area contributed by atoms with E-state index in [0.717, 1.165) is 0 Å². The van der Waals surface area contributed by atoms with Gasteiger partial charge in [0.2, 0.25) is 0 Å². The zero-order chi connectivity index (χ0) is 15.8. The van der Waals surface area contributed by atoms with E-state index in [0.29, 0.717) is 32.4 Å². The highest BCUT2D eigenvalue weighted by Crippen LogP contribution is 2.34. The van der Waals surface area contributed by atoms with E-state index in [2.05, 4.69) is 6.07 Å². The van der Waals surface area contributed by atoms with E-state index in [-0.39, 0.29) is 12.7 Å². The van der Waals surface area contributed by atoms with Gasteiger partial charge in [0.25, 0.3) is 0 Å². The minimum absolute atomic E-state index is 0.0139. The average molecular weight is 284 g/mol. The number of hydrogen-bond acceptors (Lipinski definition) is 4. The number of amides is 1. The Labute approximate surface area is 122 Å². The smallest absolute Gasteiger partial charge is 0.410 e. The fraction of sp³-hybridized carbons (Fsp3) is 0.867. The molecule has 116 valence electrons. The fourth-order valence-corrected chi connectivity index (χ4v) is 2.08. The van der Waals surface area contributed by atoms with Crippen molar-refractivity contribution in [2.75, 3.05) is 19.7 Å². The molecule has 0 aromatic heterocycles. The van der Waals surface area contributed by atoms with Gasteiger partial charge in [0.15, 0.2) is 0 Å². The van der Waals surface area contributed by atoms with E-state index >= 15 is 0 Å². The number of carbonyl (C=O) groups excluding carboxylic acids is 1. The third kappa shape index (κ3) is 5.79. The summed E-state index contributed by atoms with van der Waals surface area (Å²) in [6, 6.07) is 2.29. The standard InChI is InChI=1S/C13H22N2O3.C2H6/c1-12(2,3)18-11(17)15-7-4-13(10-14,5-8-15)6-9-16;1-2/h16H,4-9H2,1-3H3;1-2H3. The van der Waals surface area contributed by atoms with Crippen LogP contribution in [0.4, 0.5) is 4.79 Å². The van der Waals surface area contributed by atoms with Gasteiger partial charge in [-0.15, -0.1) is 0 Å². The van der Waals surface area contributed by atoms with E-state index in [4.69, 9.17) is 9.84 Å². The maximum Gasteiger partial charge on any atom is 0.410 e. The number of carbonyl (C=O) groups is 1. The highest BCUT2D eigenvalue weighted by Gasteiger charge is 2.36. The van der Waals surface area contributed by atoms with Gasteiger partial charge in [-0.05, 0) is 40.0 Å². The molecule has 1 N–H and O–H groups in total. The van der Waals surface area contributed by atoms with Crippen LogP contribution >= 0.6 is 0 Å². The van der Waals surface area contributed by atoms with Gasteiger partial charge in [-0.2, -0.15) is 5.26 Å². The lowest BCUT2D eigenvalue weighted by molar-refractivity contribution is 0.0132. The number of aliphatic hydroxyl groups is 1. The summed E-state index contributed by atoms with van der Waals surface area (Å²) in [5.74, 6) is 0. The van der Waals surface area contributed by atoms with E-state index in [1.807, 2.05) is 34.6 Å². The second-order valence-corrected chi connectivity index (χ2v) is 5.83. The molecule has 1 saturated heterocycles. The molecule has 5 heteroatoms. The first-order valence-corrected chi connectivity index (χ1v) is 7.32. The highest BCUT2D eigenvalue weighted by molar-refractivity contribution is 5.68. The summed E-state index contributed by atoms with van der Waals surface area (Å²) in [5.41, 5.74) is -0.973. The Kier molecular flexibility index (Phi) is 7.59. The Hall–Kier alpha value is -1.28. The zero-order valence-corrected chi connectivity index (χ0v) is 13.4. The summed E-state index contributed by atoms with van der Waals surface area (Å²) in [6.45, 7) is 10.5. The Morgan fingerprint density at radius 2 is 1.85 bits per heavy atom. The molecule has 0 aliphatic carbocycles. The molecule has 0 unspecified atom stereocenters. The van der Waals surface area contributed by atoms with Crippen LogP contribution in [0.2, 0.25) is 0 Å². The van der Waals surface area contributed by atoms with Crippen molar-refractivity contribution in [3.8, 4) is 6.07 Å². The monoisotopic (exact) mass is 284 g/mol. The van der Waals surface area contributed by atoms with Crippen LogP contribution in [0.1, 0.15) is 53.9 Å². The van der Waals surface area contributed by atoms with Crippen LogP contribution in [0.3, 0.4) is 0 Å². The molecule has 20 heavy (non-hydrogen) atoms. The minimum atomic E-state index is -0.494. The number of aliphatic hydroxyl groups excluding tert-OH is 1. The summed E-state index contributed by atoms with van der Waals surface area (Å²) in [6.07, 6.45) is 1.36. The SMILES string of the molecule is CC.CC(C)(C)OC(=O)N1CCC(C#N)(CCO)CC1. The Balaban J connectivity index is 0.00000172. The Morgan fingerprint density at radius 1 is 1.35 bits per heavy atom. The number of piperidine rings is 1. The van der Waals surface area contributed by atoms with Crippen LogP contribution in [-0.4, -0.2) is 41.4 Å². The second-order valence-electron chi connectivity index (χ2n) is 5.83. The van der Waals surface area contributed by atoms with E-state index in [1.165, 1.54) is 0 Å². The van der Waals surface area contributed by atoms with Crippen molar-refractivity contribution in [3.05, 3.63) is 0 Å². The van der Waals surface area contributed by atoms with E-state index in [9.17, 15) is 10.1 Å². The summed E-state index contributed by atoms with van der Waals surface area (Å²) in [7, 11) is 0. The third-order valence-corrected chi connectivity index (χ3v) is 3.20. The normalized spacial score (nSPS) is 17.6. The molecule has 0 spiro atoms. The molecule has 1 heterocycles. The molecule has 0 radical (unpaired) electrons. The van der Waals surface area contributed by atoms with Crippen molar-refractivity contribution in [2.45, 2.75) is 59.5 Å². The lowest BCUT2D eigenvalue weighted by Crippen LogP contribution is -2.45. The van der Waals surface area contributed by atoms with E-state index < -0.39 is 11.0 Å². The van der Waals surface area contributed by atoms with Crippen molar-refractivity contribution < 1.29 is 14.6 Å². The molecule has 0 aromatic carbocycles. The van der Waals surface area contributed by atoms with Crippen molar-refractivity contribution in [2.24, 2.45) is 5.41 Å². The van der Waals surface area contributed by atoms with Crippen molar-refractivity contribution in [3.63, 3.8) is 0 Å². The highest BCUT2D eigenvalue weighted by atomic mass is 16.6. The summed E-state index contributed by atoms with van der Waals surface area (Å²) in [5, 5.41) is 18.2. The molecule has 0 atom stereocenters. The van der Waals surface area contributed by atoms with Gasteiger partial charge in [0.1, 0.15) is 5.60 Å². The number of nitrogens with zero attached hydrogens (tertiary/aromatic N) is 2. The van der Waals surface area contributed by atoms with Crippen molar-refractivity contribution in [1.82, 2.24) is 4.90 Å². The first-order chi connectivity index (χ1) is 9.32. The molecule has 1 fully saturated rings. The van der Waals surface area contributed by atoms with Crippen LogP contribution in [0.15, 0.2) is 0 Å². The topological polar surface area (TPSA) is 73.6 Å². The predicted octanol–water partition coefficient (Wildman–Crippen LogP) is 2.94. The van der Waals surface area contributed by atoms with Gasteiger partial charge < -0.3 is 14.7 Å². The molecular weight excluding hydrogens is 256 g/mol. The van der Waals surface area contributed by atoms with Gasteiger partial charge in [-0.1, -0.05) is 13.8 Å². The van der Waals surface area contributed by atoms with Crippen LogP contribution in [-0.2, 0) is 4.74 Å². The molecule has 0 bridgehead atoms. The second kappa shape index (κ2) is 8.11. The van der Waals surface area contributed by atoms with Crippen LogP contribution in [0.5, 0.6) is 0 Å². The number of ether oxygens (including phenoxy) is 1. The number of likely N-dealkylation sites (tertiary alicyclic amines) is 1. The predicted molar refractivity (Wildman–Crippen MR) is 78.1 cm³/mol. The molecule has 1 aliphatic heterocycles. The largest absolute Gasteiger partial charge is 0.444 e. The lowest BCUT2D eigenvalue weighted by atomic mass is 9.77. The number of rotatable bonds is 2. The summed E-state index contributed by atoms with van der Waals surface area (Å²) < 4.78 is 5.29. The fourth-order valence-electron chi connectivity index (χ4n) is 2.08. The van der Waals surface area contributed by atoms with Crippen molar-refractivity contribution in [1.29, 1.82) is 5.26 Å². The quantitative estimate of drug-likeness (QED) is 0.846. The van der Waals surface area contributed by atoms with Crippen LogP contribution in [0.25, 0.3) is 0 Å². The minimum Gasteiger partial charge on any atom is -0.444 e. The Bertz CT molecular complexity index is 334. The molecule has 1 aliphatic rings. The first-order valence-electron chi connectivity index (χ1n) is 7.32. The van der Waals surface area contributed by atoms with Gasteiger partial charge >= 0.3 is 6.09 Å². The van der Waals surface area contributed by atoms with Crippen LogP contribution < -0.4 is 0 Å². The molecule has 1 rings (SSSR count). The van der Waals surface area contributed by atoms with Gasteiger partial charge in [-0.3, -0.25) is 0 Å². The zero-order valence-electron chi connectivity index (χ0n) is 13.4. The molecule has 0 aromatic rings. The average Bonchev–Trinajstić information content (AvgIpc) is 2.40. The molecule has 5 nitrogen and oxygen atoms in total. The maximum absolute atomic E-state index is 11.8. The molecular formula is C15H28N2O3. The first kappa shape index (κ1) is 18.7. The van der Waals surface area contributed by atoms with E-state index in [1.54, 1.807) is 4.90 Å². The Morgan fingerprint density at radius 3 is 2.20 bits per heavy atom. The van der Waals surface area contributed by atoms with Gasteiger partial charge in [0.05, 0.1) is 11.5 Å². The van der Waals surface area contributed by atoms with Crippen LogP contribution in [0, 0.1) is 16.7 Å². The number of nitriles is 1. The molecule has 0 saturated carbocycles. The lowest BCUT2D eigenvalue weighted by Gasteiger charge is -2.37. The third-order valence-electron chi connectivity index (χ3n) is 3.20. The summed E-state index contributed by atoms with van der Waals surface area (Å²) >= 11 is 0.